The molecule has 2 amide bonds. The lowest BCUT2D eigenvalue weighted by Crippen LogP contribution is -2.46. The third-order valence-electron chi connectivity index (χ3n) is 4.36. The van der Waals surface area contributed by atoms with Gasteiger partial charge in [-0.05, 0) is 31.9 Å². The van der Waals surface area contributed by atoms with E-state index in [1.807, 2.05) is 36.1 Å². The van der Waals surface area contributed by atoms with Gasteiger partial charge in [-0.2, -0.15) is 5.10 Å². The van der Waals surface area contributed by atoms with Gasteiger partial charge in [-0.3, -0.25) is 9.48 Å². The second kappa shape index (κ2) is 7.42. The van der Waals surface area contributed by atoms with Gasteiger partial charge in [0.2, 0.25) is 0 Å². The van der Waals surface area contributed by atoms with Crippen LogP contribution < -0.4 is 5.32 Å². The molecule has 0 bridgehead atoms. The second-order valence-corrected chi connectivity index (χ2v) is 6.03. The molecule has 0 atom stereocenters. The van der Waals surface area contributed by atoms with Crippen LogP contribution in [0.5, 0.6) is 0 Å². The van der Waals surface area contributed by atoms with Gasteiger partial charge >= 0.3 is 6.09 Å². The molecule has 0 aromatic carbocycles. The zero-order valence-electron chi connectivity index (χ0n) is 14.5. The van der Waals surface area contributed by atoms with Crippen LogP contribution in [0.25, 0.3) is 5.82 Å². The molecule has 3 rings (SSSR count). The molecule has 2 aromatic rings. The Hall–Kier alpha value is -2.77. The Kier molecular flexibility index (Phi) is 5.06. The van der Waals surface area contributed by atoms with Crippen molar-refractivity contribution in [2.24, 2.45) is 7.05 Å². The molecule has 1 aliphatic heterocycles. The molecule has 134 valence electrons. The highest BCUT2D eigenvalue weighted by molar-refractivity contribution is 5.97. The van der Waals surface area contributed by atoms with Crippen molar-refractivity contribution < 1.29 is 14.3 Å². The van der Waals surface area contributed by atoms with E-state index in [-0.39, 0.29) is 18.0 Å². The fourth-order valence-corrected chi connectivity index (χ4v) is 3.06. The minimum absolute atomic E-state index is 0.0379. The summed E-state index contributed by atoms with van der Waals surface area (Å²) in [4.78, 5) is 26.1. The fraction of sp³-hybridized carbons (Fsp3) is 0.471. The highest BCUT2D eigenvalue weighted by atomic mass is 16.6. The van der Waals surface area contributed by atoms with Crippen LogP contribution in [0.2, 0.25) is 0 Å². The summed E-state index contributed by atoms with van der Waals surface area (Å²) in [6.45, 7) is 3.34. The van der Waals surface area contributed by atoms with E-state index in [0.717, 1.165) is 5.82 Å². The number of aromatic nitrogens is 3. The number of aryl methyl sites for hydroxylation is 1. The second-order valence-electron chi connectivity index (χ2n) is 6.03. The van der Waals surface area contributed by atoms with Crippen LogP contribution in [-0.2, 0) is 11.8 Å². The van der Waals surface area contributed by atoms with Gasteiger partial charge < -0.3 is 19.5 Å². The molecule has 0 spiro atoms. The first-order chi connectivity index (χ1) is 12.1. The van der Waals surface area contributed by atoms with E-state index in [0.29, 0.717) is 38.1 Å². The zero-order chi connectivity index (χ0) is 17.8. The summed E-state index contributed by atoms with van der Waals surface area (Å²) in [5.74, 6) is 0.581. The van der Waals surface area contributed by atoms with E-state index >= 15 is 0 Å². The largest absolute Gasteiger partial charge is 0.450 e. The number of amides is 2. The Morgan fingerprint density at radius 3 is 2.60 bits per heavy atom. The Bertz CT molecular complexity index is 730. The number of hydrogen-bond donors (Lipinski definition) is 1. The maximum absolute atomic E-state index is 12.7. The normalized spacial score (nSPS) is 15.2. The van der Waals surface area contributed by atoms with Gasteiger partial charge in [0, 0.05) is 38.6 Å². The van der Waals surface area contributed by atoms with Crippen molar-refractivity contribution in [1.29, 1.82) is 0 Å². The SMILES string of the molecule is CCOC(=O)N1CCC(NC(=O)c2cnn(C)c2-n2cccc2)CC1. The van der Waals surface area contributed by atoms with Crippen LogP contribution >= 0.6 is 0 Å². The molecule has 8 heteroatoms. The number of rotatable bonds is 4. The van der Waals surface area contributed by atoms with Crippen molar-refractivity contribution in [1.82, 2.24) is 24.6 Å². The third-order valence-corrected chi connectivity index (χ3v) is 4.36. The number of carbonyl (C=O) groups excluding carboxylic acids is 2. The zero-order valence-corrected chi connectivity index (χ0v) is 14.5. The minimum atomic E-state index is -0.283. The van der Waals surface area contributed by atoms with Gasteiger partial charge in [-0.15, -0.1) is 0 Å². The Morgan fingerprint density at radius 1 is 1.28 bits per heavy atom. The van der Waals surface area contributed by atoms with Crippen LogP contribution in [0.15, 0.2) is 30.7 Å². The van der Waals surface area contributed by atoms with E-state index in [2.05, 4.69) is 10.4 Å². The van der Waals surface area contributed by atoms with Crippen LogP contribution in [0.1, 0.15) is 30.1 Å². The molecular formula is C17H23N5O3. The van der Waals surface area contributed by atoms with Crippen molar-refractivity contribution in [3.05, 3.63) is 36.3 Å². The van der Waals surface area contributed by atoms with Crippen LogP contribution in [0.3, 0.4) is 0 Å². The quantitative estimate of drug-likeness (QED) is 0.912. The average molecular weight is 345 g/mol. The number of piperidine rings is 1. The number of ether oxygens (including phenoxy) is 1. The lowest BCUT2D eigenvalue weighted by Gasteiger charge is -2.31. The lowest BCUT2D eigenvalue weighted by atomic mass is 10.1. The highest BCUT2D eigenvalue weighted by Crippen LogP contribution is 2.16. The van der Waals surface area contributed by atoms with Crippen LogP contribution in [0.4, 0.5) is 4.79 Å². The van der Waals surface area contributed by atoms with Gasteiger partial charge in [-0.1, -0.05) is 0 Å². The predicted octanol–water partition coefficient (Wildman–Crippen LogP) is 1.56. The molecule has 3 heterocycles. The van der Waals surface area contributed by atoms with Gasteiger partial charge in [0.1, 0.15) is 11.4 Å². The van der Waals surface area contributed by atoms with Crippen molar-refractivity contribution in [3.8, 4) is 5.82 Å². The van der Waals surface area contributed by atoms with E-state index in [9.17, 15) is 9.59 Å². The van der Waals surface area contributed by atoms with E-state index in [4.69, 9.17) is 4.74 Å². The molecule has 8 nitrogen and oxygen atoms in total. The molecule has 0 radical (unpaired) electrons. The summed E-state index contributed by atoms with van der Waals surface area (Å²) in [5, 5.41) is 7.27. The topological polar surface area (TPSA) is 81.4 Å². The first kappa shape index (κ1) is 17.1. The summed E-state index contributed by atoms with van der Waals surface area (Å²) >= 11 is 0. The highest BCUT2D eigenvalue weighted by Gasteiger charge is 2.26. The number of nitrogens with one attached hydrogen (secondary N) is 1. The van der Waals surface area contributed by atoms with Crippen molar-refractivity contribution >= 4 is 12.0 Å². The van der Waals surface area contributed by atoms with E-state index in [1.54, 1.807) is 22.7 Å². The van der Waals surface area contributed by atoms with Crippen LogP contribution in [0, 0.1) is 0 Å². The number of nitrogens with zero attached hydrogens (tertiary/aromatic N) is 4. The summed E-state index contributed by atoms with van der Waals surface area (Å²) in [6.07, 6.45) is 6.48. The van der Waals surface area contributed by atoms with E-state index < -0.39 is 0 Å². The fourth-order valence-electron chi connectivity index (χ4n) is 3.06. The Balaban J connectivity index is 1.62. The number of carbonyl (C=O) groups is 2. The maximum atomic E-state index is 12.7. The average Bonchev–Trinajstić information content (AvgIpc) is 3.24. The number of likely N-dealkylation sites (tertiary alicyclic amines) is 1. The molecule has 0 unspecified atom stereocenters. The maximum Gasteiger partial charge on any atom is 0.409 e. The molecular weight excluding hydrogens is 322 g/mol. The van der Waals surface area contributed by atoms with Crippen molar-refractivity contribution in [2.45, 2.75) is 25.8 Å². The third kappa shape index (κ3) is 3.67. The smallest absolute Gasteiger partial charge is 0.409 e. The van der Waals surface area contributed by atoms with Crippen molar-refractivity contribution in [2.75, 3.05) is 19.7 Å². The van der Waals surface area contributed by atoms with Gasteiger partial charge in [-0.25, -0.2) is 4.79 Å². The molecule has 25 heavy (non-hydrogen) atoms. The van der Waals surface area contributed by atoms with Gasteiger partial charge in [0.25, 0.3) is 5.91 Å². The number of hydrogen-bond acceptors (Lipinski definition) is 4. The molecule has 0 saturated carbocycles. The minimum Gasteiger partial charge on any atom is -0.450 e. The van der Waals surface area contributed by atoms with Crippen LogP contribution in [-0.4, -0.2) is 57.0 Å². The van der Waals surface area contributed by atoms with Gasteiger partial charge in [0.05, 0.1) is 12.8 Å². The van der Waals surface area contributed by atoms with E-state index in [1.165, 1.54) is 0 Å². The molecule has 1 saturated heterocycles. The predicted molar refractivity (Wildman–Crippen MR) is 91.6 cm³/mol. The monoisotopic (exact) mass is 345 g/mol. The molecule has 1 N–H and O–H groups in total. The van der Waals surface area contributed by atoms with Gasteiger partial charge in [0.15, 0.2) is 0 Å². The summed E-state index contributed by atoms with van der Waals surface area (Å²) < 4.78 is 8.56. The molecule has 2 aromatic heterocycles. The molecule has 1 aliphatic rings. The summed E-state index contributed by atoms with van der Waals surface area (Å²) in [5.41, 5.74) is 0.534. The molecule has 1 fully saturated rings. The standard InChI is InChI=1S/C17H23N5O3/c1-3-25-17(24)22-10-6-13(7-11-22)19-15(23)14-12-18-20(2)16(14)21-8-4-5-9-21/h4-5,8-9,12-13H,3,6-7,10-11H2,1-2H3,(H,19,23). The Labute approximate surface area is 146 Å². The Morgan fingerprint density at radius 2 is 1.96 bits per heavy atom. The first-order valence-corrected chi connectivity index (χ1v) is 8.48. The van der Waals surface area contributed by atoms with Crippen molar-refractivity contribution in [3.63, 3.8) is 0 Å². The lowest BCUT2D eigenvalue weighted by molar-refractivity contribution is 0.0860. The molecule has 0 aliphatic carbocycles. The summed E-state index contributed by atoms with van der Waals surface area (Å²) in [7, 11) is 1.81. The summed E-state index contributed by atoms with van der Waals surface area (Å²) in [6, 6.07) is 3.84. The first-order valence-electron chi connectivity index (χ1n) is 8.48.